The van der Waals surface area contributed by atoms with Crippen molar-refractivity contribution in [1.29, 1.82) is 10.5 Å². The van der Waals surface area contributed by atoms with Gasteiger partial charge in [0.1, 0.15) is 11.7 Å². The molecule has 19 heavy (non-hydrogen) atoms. The number of anilines is 1. The molecule has 0 aliphatic carbocycles. The van der Waals surface area contributed by atoms with E-state index in [-0.39, 0.29) is 23.8 Å². The molecule has 7 heteroatoms. The summed E-state index contributed by atoms with van der Waals surface area (Å²) in [5.41, 5.74) is 4.98. The third-order valence-corrected chi connectivity index (χ3v) is 2.57. The molecule has 2 N–H and O–H groups in total. The molecule has 0 aromatic carbocycles. The van der Waals surface area contributed by atoms with Crippen molar-refractivity contribution >= 4 is 11.6 Å². The lowest BCUT2D eigenvalue weighted by atomic mass is 9.97. The quantitative estimate of drug-likeness (QED) is 0.791. The van der Waals surface area contributed by atoms with Gasteiger partial charge in [0, 0.05) is 12.2 Å². The molecule has 98 valence electrons. The minimum atomic E-state index is -1.10. The number of rotatable bonds is 4. The molecule has 0 aliphatic heterocycles. The Kier molecular flexibility index (Phi) is 4.38. The van der Waals surface area contributed by atoms with Crippen molar-refractivity contribution in [3.8, 4) is 12.1 Å². The fraction of sp³-hybridized carbons (Fsp3) is 0.417. The minimum absolute atomic E-state index is 0.00454. The summed E-state index contributed by atoms with van der Waals surface area (Å²) in [5, 5.41) is 17.4. The lowest BCUT2D eigenvalue weighted by Gasteiger charge is -2.12. The third-order valence-electron chi connectivity index (χ3n) is 2.57. The van der Waals surface area contributed by atoms with Gasteiger partial charge < -0.3 is 5.73 Å². The lowest BCUT2D eigenvalue weighted by molar-refractivity contribution is 0.0950. The van der Waals surface area contributed by atoms with Crippen LogP contribution in [-0.4, -0.2) is 15.3 Å². The van der Waals surface area contributed by atoms with Crippen LogP contribution in [0, 0.1) is 28.6 Å². The van der Waals surface area contributed by atoms with Gasteiger partial charge in [-0.1, -0.05) is 0 Å². The SMILES string of the molecule is CC(C)n1cc(C(=O)C(C#N)CC#N)c(N)nc1=O. The first-order chi connectivity index (χ1) is 8.92. The Hall–Kier alpha value is -2.67. The zero-order valence-corrected chi connectivity index (χ0v) is 10.6. The van der Waals surface area contributed by atoms with E-state index >= 15 is 0 Å². The van der Waals surface area contributed by atoms with Gasteiger partial charge >= 0.3 is 5.69 Å². The van der Waals surface area contributed by atoms with E-state index in [0.717, 1.165) is 0 Å². The second-order valence-corrected chi connectivity index (χ2v) is 4.23. The van der Waals surface area contributed by atoms with Gasteiger partial charge in [0.25, 0.3) is 0 Å². The van der Waals surface area contributed by atoms with Crippen LogP contribution in [-0.2, 0) is 0 Å². The van der Waals surface area contributed by atoms with E-state index in [1.54, 1.807) is 26.0 Å². The van der Waals surface area contributed by atoms with Crippen molar-refractivity contribution in [3.05, 3.63) is 22.2 Å². The molecule has 1 rings (SSSR count). The molecule has 0 aliphatic rings. The highest BCUT2D eigenvalue weighted by Crippen LogP contribution is 2.16. The molecule has 0 bridgehead atoms. The number of nitrogens with two attached hydrogens (primary N) is 1. The van der Waals surface area contributed by atoms with Crippen LogP contribution in [0.25, 0.3) is 0 Å². The van der Waals surface area contributed by atoms with Gasteiger partial charge in [-0.3, -0.25) is 9.36 Å². The molecule has 1 atom stereocenters. The summed E-state index contributed by atoms with van der Waals surface area (Å²) in [4.78, 5) is 27.2. The normalized spacial score (nSPS) is 11.6. The Balaban J connectivity index is 3.32. The average Bonchev–Trinajstić information content (AvgIpc) is 2.34. The van der Waals surface area contributed by atoms with Gasteiger partial charge in [0.2, 0.25) is 0 Å². The number of nitrogens with zero attached hydrogens (tertiary/aromatic N) is 4. The standard InChI is InChI=1S/C12H13N5O2/c1-7(2)17-6-9(11(15)16-12(17)19)10(18)8(5-14)3-4-13/h6-8H,3H2,1-2H3,(H2,15,16,19). The second-order valence-electron chi connectivity index (χ2n) is 4.23. The lowest BCUT2D eigenvalue weighted by Crippen LogP contribution is -2.28. The van der Waals surface area contributed by atoms with Gasteiger partial charge in [-0.25, -0.2) is 4.79 Å². The highest BCUT2D eigenvalue weighted by Gasteiger charge is 2.23. The highest BCUT2D eigenvalue weighted by molar-refractivity contribution is 6.02. The van der Waals surface area contributed by atoms with E-state index in [4.69, 9.17) is 16.3 Å². The number of ketones is 1. The number of hydrogen-bond acceptors (Lipinski definition) is 6. The molecule has 1 heterocycles. The number of Topliss-reactive ketones (excluding diaryl/α,β-unsaturated/α-hetero) is 1. The van der Waals surface area contributed by atoms with Crippen LogP contribution >= 0.6 is 0 Å². The maximum atomic E-state index is 12.1. The third kappa shape index (κ3) is 2.96. The smallest absolute Gasteiger partial charge is 0.349 e. The molecule has 0 fully saturated rings. The Morgan fingerprint density at radius 2 is 2.16 bits per heavy atom. The predicted molar refractivity (Wildman–Crippen MR) is 67.0 cm³/mol. The summed E-state index contributed by atoms with van der Waals surface area (Å²) in [6.07, 6.45) is 1.06. The molecule has 0 radical (unpaired) electrons. The minimum Gasteiger partial charge on any atom is -0.383 e. The molecule has 1 aromatic heterocycles. The fourth-order valence-electron chi connectivity index (χ4n) is 1.52. The van der Waals surface area contributed by atoms with Gasteiger partial charge in [-0.2, -0.15) is 15.5 Å². The van der Waals surface area contributed by atoms with Crippen LogP contribution in [0.4, 0.5) is 5.82 Å². The molecule has 0 spiro atoms. The zero-order chi connectivity index (χ0) is 14.6. The number of hydrogen-bond donors (Lipinski definition) is 1. The van der Waals surface area contributed by atoms with Crippen LogP contribution in [0.3, 0.4) is 0 Å². The monoisotopic (exact) mass is 259 g/mol. The molecular formula is C12H13N5O2. The first-order valence-electron chi connectivity index (χ1n) is 5.61. The first kappa shape index (κ1) is 14.4. The Labute approximate surface area is 109 Å². The van der Waals surface area contributed by atoms with E-state index in [9.17, 15) is 9.59 Å². The molecule has 0 saturated carbocycles. The van der Waals surface area contributed by atoms with Crippen LogP contribution in [0.15, 0.2) is 11.0 Å². The summed E-state index contributed by atoms with van der Waals surface area (Å²) in [5.74, 6) is -1.92. The molecule has 1 unspecified atom stereocenters. The van der Waals surface area contributed by atoms with E-state index in [2.05, 4.69) is 4.98 Å². The number of nitrogen functional groups attached to an aromatic ring is 1. The van der Waals surface area contributed by atoms with Crippen molar-refractivity contribution in [2.24, 2.45) is 5.92 Å². The van der Waals surface area contributed by atoms with Crippen molar-refractivity contribution in [1.82, 2.24) is 9.55 Å². The number of carbonyl (C=O) groups excluding carboxylic acids is 1. The second kappa shape index (κ2) is 5.78. The zero-order valence-electron chi connectivity index (χ0n) is 10.6. The maximum Gasteiger partial charge on any atom is 0.349 e. The summed E-state index contributed by atoms with van der Waals surface area (Å²) in [6.45, 7) is 3.51. The Bertz CT molecular complexity index is 633. The van der Waals surface area contributed by atoms with Crippen molar-refractivity contribution < 1.29 is 4.79 Å². The van der Waals surface area contributed by atoms with Gasteiger partial charge in [0.15, 0.2) is 5.78 Å². The van der Waals surface area contributed by atoms with Crippen molar-refractivity contribution in [3.63, 3.8) is 0 Å². The molecule has 7 nitrogen and oxygen atoms in total. The molecular weight excluding hydrogens is 246 g/mol. The van der Waals surface area contributed by atoms with E-state index in [0.29, 0.717) is 0 Å². The topological polar surface area (TPSA) is 126 Å². The number of aromatic nitrogens is 2. The predicted octanol–water partition coefficient (Wildman–Crippen LogP) is 0.643. The summed E-state index contributed by atoms with van der Waals surface area (Å²) in [7, 11) is 0. The van der Waals surface area contributed by atoms with Crippen LogP contribution in [0.2, 0.25) is 0 Å². The van der Waals surface area contributed by atoms with Gasteiger partial charge in [0.05, 0.1) is 24.1 Å². The van der Waals surface area contributed by atoms with E-state index in [1.165, 1.54) is 10.8 Å². The fourth-order valence-corrected chi connectivity index (χ4v) is 1.52. The number of nitriles is 2. The van der Waals surface area contributed by atoms with Crippen molar-refractivity contribution in [2.75, 3.05) is 5.73 Å². The largest absolute Gasteiger partial charge is 0.383 e. The molecule has 0 saturated heterocycles. The van der Waals surface area contributed by atoms with Crippen LogP contribution in [0.1, 0.15) is 36.7 Å². The van der Waals surface area contributed by atoms with Crippen LogP contribution in [0.5, 0.6) is 0 Å². The Morgan fingerprint density at radius 3 is 2.63 bits per heavy atom. The van der Waals surface area contributed by atoms with Crippen LogP contribution < -0.4 is 11.4 Å². The first-order valence-corrected chi connectivity index (χ1v) is 5.61. The van der Waals surface area contributed by atoms with Crippen molar-refractivity contribution in [2.45, 2.75) is 26.3 Å². The van der Waals surface area contributed by atoms with E-state index < -0.39 is 17.4 Å². The number of carbonyl (C=O) groups is 1. The summed E-state index contributed by atoms with van der Waals surface area (Å²) < 4.78 is 1.25. The molecule has 1 aromatic rings. The molecule has 0 amide bonds. The summed E-state index contributed by atoms with van der Waals surface area (Å²) >= 11 is 0. The summed E-state index contributed by atoms with van der Waals surface area (Å²) in [6, 6.07) is 3.32. The van der Waals surface area contributed by atoms with E-state index in [1.807, 2.05) is 0 Å². The highest BCUT2D eigenvalue weighted by atomic mass is 16.1. The van der Waals surface area contributed by atoms with Gasteiger partial charge in [-0.15, -0.1) is 0 Å². The average molecular weight is 259 g/mol. The van der Waals surface area contributed by atoms with Gasteiger partial charge in [-0.05, 0) is 13.8 Å². The maximum absolute atomic E-state index is 12.1. The Morgan fingerprint density at radius 1 is 1.53 bits per heavy atom.